The highest BCUT2D eigenvalue weighted by atomic mass is 14.5. The summed E-state index contributed by atoms with van der Waals surface area (Å²) in [5, 5.41) is 0. The predicted molar refractivity (Wildman–Crippen MR) is 56.1 cm³/mol. The van der Waals surface area contributed by atoms with Gasteiger partial charge < -0.3 is 5.73 Å². The summed E-state index contributed by atoms with van der Waals surface area (Å²) in [4.78, 5) is 0. The molecule has 0 rings (SSSR count). The first-order valence-electron chi connectivity index (χ1n) is 5.48. The molecule has 0 amide bonds. The van der Waals surface area contributed by atoms with Crippen molar-refractivity contribution in [1.82, 2.24) is 0 Å². The second kappa shape index (κ2) is 7.60. The molecule has 0 spiro atoms. The van der Waals surface area contributed by atoms with Crippen LogP contribution in [0.2, 0.25) is 0 Å². The predicted octanol–water partition coefficient (Wildman–Crippen LogP) is 3.19. The van der Waals surface area contributed by atoms with Gasteiger partial charge in [0.05, 0.1) is 0 Å². The summed E-state index contributed by atoms with van der Waals surface area (Å²) in [5.74, 6) is 1.69. The van der Waals surface area contributed by atoms with Gasteiger partial charge in [0, 0.05) is 0 Å². The first-order valence-corrected chi connectivity index (χ1v) is 5.48. The zero-order valence-corrected chi connectivity index (χ0v) is 8.97. The summed E-state index contributed by atoms with van der Waals surface area (Å²) in [6, 6.07) is 0. The maximum Gasteiger partial charge on any atom is -0.00489 e. The summed E-state index contributed by atoms with van der Waals surface area (Å²) >= 11 is 0. The fourth-order valence-electron chi connectivity index (χ4n) is 1.80. The molecule has 0 aliphatic rings. The molecule has 2 unspecified atom stereocenters. The molecule has 0 aliphatic carbocycles. The molecule has 0 fully saturated rings. The van der Waals surface area contributed by atoms with Gasteiger partial charge in [-0.3, -0.25) is 0 Å². The first-order chi connectivity index (χ1) is 5.78. The third-order valence-electron chi connectivity index (χ3n) is 2.85. The van der Waals surface area contributed by atoms with E-state index in [1.165, 1.54) is 32.1 Å². The fraction of sp³-hybridized carbons (Fsp3) is 1.00. The standard InChI is InChI=1S/C11H25N/c1-4-7-10(5-2)8-11(6-3)9-12/h10-11H,4-9,12H2,1-3H3. The SMILES string of the molecule is CCCC(CC)CC(CC)CN. The van der Waals surface area contributed by atoms with Crippen molar-refractivity contribution in [3.63, 3.8) is 0 Å². The van der Waals surface area contributed by atoms with Crippen molar-refractivity contribution >= 4 is 0 Å². The van der Waals surface area contributed by atoms with Gasteiger partial charge in [0.2, 0.25) is 0 Å². The lowest BCUT2D eigenvalue weighted by molar-refractivity contribution is 0.339. The molecule has 0 aromatic heterocycles. The quantitative estimate of drug-likeness (QED) is 0.625. The normalized spacial score (nSPS) is 16.0. The lowest BCUT2D eigenvalue weighted by Gasteiger charge is -2.19. The molecule has 0 aromatic rings. The molecule has 0 aliphatic heterocycles. The van der Waals surface area contributed by atoms with Crippen LogP contribution in [-0.2, 0) is 0 Å². The van der Waals surface area contributed by atoms with E-state index in [-0.39, 0.29) is 0 Å². The van der Waals surface area contributed by atoms with Gasteiger partial charge in [-0.2, -0.15) is 0 Å². The smallest absolute Gasteiger partial charge is 0.00489 e. The largest absolute Gasteiger partial charge is 0.330 e. The second-order valence-electron chi connectivity index (χ2n) is 3.81. The van der Waals surface area contributed by atoms with Crippen molar-refractivity contribution in [1.29, 1.82) is 0 Å². The molecule has 0 heterocycles. The Bertz CT molecular complexity index is 87.0. The molecular weight excluding hydrogens is 146 g/mol. The van der Waals surface area contributed by atoms with Crippen molar-refractivity contribution in [3.8, 4) is 0 Å². The monoisotopic (exact) mass is 171 g/mol. The average molecular weight is 171 g/mol. The van der Waals surface area contributed by atoms with Crippen molar-refractivity contribution in [2.45, 2.75) is 52.9 Å². The summed E-state index contributed by atoms with van der Waals surface area (Å²) in [6.45, 7) is 7.68. The first kappa shape index (κ1) is 12.0. The van der Waals surface area contributed by atoms with Crippen LogP contribution in [0.5, 0.6) is 0 Å². The minimum absolute atomic E-state index is 0.765. The molecule has 0 aromatic carbocycles. The lowest BCUT2D eigenvalue weighted by Crippen LogP contribution is -2.17. The molecule has 2 N–H and O–H groups in total. The Morgan fingerprint density at radius 2 is 1.58 bits per heavy atom. The van der Waals surface area contributed by atoms with Crippen LogP contribution < -0.4 is 5.73 Å². The van der Waals surface area contributed by atoms with E-state index in [9.17, 15) is 0 Å². The van der Waals surface area contributed by atoms with E-state index in [0.717, 1.165) is 18.4 Å². The Labute approximate surface area is 77.7 Å². The van der Waals surface area contributed by atoms with Crippen molar-refractivity contribution < 1.29 is 0 Å². The zero-order valence-electron chi connectivity index (χ0n) is 8.97. The molecule has 2 atom stereocenters. The van der Waals surface area contributed by atoms with E-state index in [0.29, 0.717) is 0 Å². The van der Waals surface area contributed by atoms with E-state index >= 15 is 0 Å². The van der Waals surface area contributed by atoms with Gasteiger partial charge >= 0.3 is 0 Å². The summed E-state index contributed by atoms with van der Waals surface area (Å²) in [6.07, 6.45) is 6.62. The van der Waals surface area contributed by atoms with E-state index in [4.69, 9.17) is 5.73 Å². The van der Waals surface area contributed by atoms with Gasteiger partial charge in [-0.05, 0) is 24.8 Å². The average Bonchev–Trinajstić information content (AvgIpc) is 2.12. The summed E-state index contributed by atoms with van der Waals surface area (Å²) in [7, 11) is 0. The molecule has 1 nitrogen and oxygen atoms in total. The molecule has 0 bridgehead atoms. The Kier molecular flexibility index (Phi) is 7.58. The van der Waals surface area contributed by atoms with Crippen LogP contribution in [0, 0.1) is 11.8 Å². The van der Waals surface area contributed by atoms with Crippen molar-refractivity contribution in [2.24, 2.45) is 17.6 Å². The molecule has 0 radical (unpaired) electrons. The third-order valence-corrected chi connectivity index (χ3v) is 2.85. The van der Waals surface area contributed by atoms with E-state index in [1.54, 1.807) is 0 Å². The topological polar surface area (TPSA) is 26.0 Å². The maximum atomic E-state index is 5.68. The highest BCUT2D eigenvalue weighted by Crippen LogP contribution is 2.21. The van der Waals surface area contributed by atoms with E-state index in [2.05, 4.69) is 20.8 Å². The van der Waals surface area contributed by atoms with Gasteiger partial charge in [-0.25, -0.2) is 0 Å². The molecule has 12 heavy (non-hydrogen) atoms. The van der Waals surface area contributed by atoms with Crippen LogP contribution in [0.15, 0.2) is 0 Å². The van der Waals surface area contributed by atoms with Crippen LogP contribution in [0.1, 0.15) is 52.9 Å². The van der Waals surface area contributed by atoms with Gasteiger partial charge in [-0.15, -0.1) is 0 Å². The number of nitrogens with two attached hydrogens (primary N) is 1. The molecular formula is C11H25N. The second-order valence-corrected chi connectivity index (χ2v) is 3.81. The summed E-state index contributed by atoms with van der Waals surface area (Å²) < 4.78 is 0. The number of hydrogen-bond donors (Lipinski definition) is 1. The Balaban J connectivity index is 3.65. The molecule has 74 valence electrons. The Hall–Kier alpha value is -0.0400. The van der Waals surface area contributed by atoms with Crippen LogP contribution in [0.25, 0.3) is 0 Å². The van der Waals surface area contributed by atoms with Crippen LogP contribution in [-0.4, -0.2) is 6.54 Å². The highest BCUT2D eigenvalue weighted by Gasteiger charge is 2.11. The van der Waals surface area contributed by atoms with Gasteiger partial charge in [0.15, 0.2) is 0 Å². The van der Waals surface area contributed by atoms with E-state index in [1.807, 2.05) is 0 Å². The van der Waals surface area contributed by atoms with Gasteiger partial charge in [-0.1, -0.05) is 46.5 Å². The Morgan fingerprint density at radius 3 is 1.92 bits per heavy atom. The van der Waals surface area contributed by atoms with Crippen LogP contribution >= 0.6 is 0 Å². The Morgan fingerprint density at radius 1 is 1.00 bits per heavy atom. The number of rotatable bonds is 7. The highest BCUT2D eigenvalue weighted by molar-refractivity contribution is 4.64. The minimum Gasteiger partial charge on any atom is -0.330 e. The van der Waals surface area contributed by atoms with Crippen molar-refractivity contribution in [3.05, 3.63) is 0 Å². The van der Waals surface area contributed by atoms with Gasteiger partial charge in [0.25, 0.3) is 0 Å². The van der Waals surface area contributed by atoms with E-state index < -0.39 is 0 Å². The number of hydrogen-bond acceptors (Lipinski definition) is 1. The van der Waals surface area contributed by atoms with Crippen LogP contribution in [0.4, 0.5) is 0 Å². The molecule has 1 heteroatoms. The van der Waals surface area contributed by atoms with Crippen molar-refractivity contribution in [2.75, 3.05) is 6.54 Å². The maximum absolute atomic E-state index is 5.68. The fourth-order valence-corrected chi connectivity index (χ4v) is 1.80. The molecule has 0 saturated carbocycles. The minimum atomic E-state index is 0.765. The zero-order chi connectivity index (χ0) is 9.40. The third kappa shape index (κ3) is 4.76. The van der Waals surface area contributed by atoms with Gasteiger partial charge in [0.1, 0.15) is 0 Å². The lowest BCUT2D eigenvalue weighted by atomic mass is 9.88. The van der Waals surface area contributed by atoms with Crippen LogP contribution in [0.3, 0.4) is 0 Å². The summed E-state index contributed by atoms with van der Waals surface area (Å²) in [5.41, 5.74) is 5.68. The molecule has 0 saturated heterocycles.